The van der Waals surface area contributed by atoms with E-state index in [0.717, 1.165) is 23.4 Å². The molecule has 5 rings (SSSR count). The smallest absolute Gasteiger partial charge is 0.321 e. The Morgan fingerprint density at radius 3 is 2.76 bits per heavy atom. The highest BCUT2D eigenvalue weighted by molar-refractivity contribution is 5.98. The summed E-state index contributed by atoms with van der Waals surface area (Å²) in [6.45, 7) is 4.63. The molecule has 3 N–H and O–H groups in total. The van der Waals surface area contributed by atoms with Gasteiger partial charge in [-0.25, -0.2) is 14.2 Å². The van der Waals surface area contributed by atoms with Crippen molar-refractivity contribution in [2.45, 2.75) is 13.5 Å². The molecule has 0 bridgehead atoms. The highest BCUT2D eigenvalue weighted by Crippen LogP contribution is 2.34. The number of nitrogens with one attached hydrogen (secondary N) is 3. The summed E-state index contributed by atoms with van der Waals surface area (Å²) in [5.74, 6) is -0.150. The van der Waals surface area contributed by atoms with Gasteiger partial charge in [0.25, 0.3) is 0 Å². The van der Waals surface area contributed by atoms with Gasteiger partial charge in [0, 0.05) is 43.2 Å². The van der Waals surface area contributed by atoms with E-state index >= 15 is 0 Å². The Morgan fingerprint density at radius 1 is 1.16 bits per heavy atom. The molecular formula is C26H27FN8O2. The Hall–Kier alpha value is -4.38. The molecule has 1 aromatic carbocycles. The average Bonchev–Trinajstić information content (AvgIpc) is 3.28. The normalized spacial score (nSPS) is 14.2. The van der Waals surface area contributed by atoms with Crippen molar-refractivity contribution in [3.63, 3.8) is 0 Å². The molecule has 0 unspecified atom stereocenters. The van der Waals surface area contributed by atoms with Gasteiger partial charge in [0.2, 0.25) is 11.9 Å². The van der Waals surface area contributed by atoms with Gasteiger partial charge in [-0.15, -0.1) is 0 Å². The third kappa shape index (κ3) is 5.26. The number of pyridine rings is 2. The minimum Gasteiger partial charge on any atom is -0.338 e. The van der Waals surface area contributed by atoms with E-state index in [4.69, 9.17) is 0 Å². The summed E-state index contributed by atoms with van der Waals surface area (Å²) in [4.78, 5) is 44.5. The lowest BCUT2D eigenvalue weighted by Crippen LogP contribution is -2.48. The number of nitrogens with zero attached hydrogens (tertiary/aromatic N) is 5. The minimum absolute atomic E-state index is 0.0858. The zero-order valence-electron chi connectivity index (χ0n) is 20.6. The van der Waals surface area contributed by atoms with Crippen molar-refractivity contribution >= 4 is 28.9 Å². The van der Waals surface area contributed by atoms with E-state index in [-0.39, 0.29) is 17.5 Å². The van der Waals surface area contributed by atoms with Gasteiger partial charge in [-0.3, -0.25) is 25.0 Å². The van der Waals surface area contributed by atoms with Crippen LogP contribution in [0.25, 0.3) is 33.4 Å². The molecule has 1 saturated heterocycles. The number of H-pyrrole nitrogens is 1. The van der Waals surface area contributed by atoms with Crippen LogP contribution >= 0.6 is 0 Å². The van der Waals surface area contributed by atoms with Crippen LogP contribution in [0.2, 0.25) is 0 Å². The number of imidazole rings is 1. The van der Waals surface area contributed by atoms with Gasteiger partial charge in [-0.05, 0) is 49.9 Å². The van der Waals surface area contributed by atoms with E-state index in [2.05, 4.69) is 30.6 Å². The number of piperazine rings is 1. The summed E-state index contributed by atoms with van der Waals surface area (Å²) in [5, 5.41) is 5.31. The Balaban J connectivity index is 1.49. The van der Waals surface area contributed by atoms with Gasteiger partial charge in [0.05, 0.1) is 29.8 Å². The second-order valence-corrected chi connectivity index (χ2v) is 8.91. The zero-order chi connectivity index (χ0) is 25.9. The van der Waals surface area contributed by atoms with E-state index in [9.17, 15) is 14.0 Å². The lowest BCUT2D eigenvalue weighted by Gasteiger charge is -2.31. The third-order valence-corrected chi connectivity index (χ3v) is 6.20. The van der Waals surface area contributed by atoms with Crippen LogP contribution in [0.3, 0.4) is 0 Å². The first-order valence-corrected chi connectivity index (χ1v) is 12.0. The summed E-state index contributed by atoms with van der Waals surface area (Å²) in [6.07, 6.45) is 3.26. The summed E-state index contributed by atoms with van der Waals surface area (Å²) < 4.78 is 14.8. The number of carbonyl (C=O) groups excluding carboxylic acids is 2. The largest absolute Gasteiger partial charge is 0.338 e. The predicted molar refractivity (Wildman–Crippen MR) is 138 cm³/mol. The number of anilines is 1. The highest BCUT2D eigenvalue weighted by atomic mass is 19.1. The Bertz CT molecular complexity index is 1450. The predicted octanol–water partition coefficient (Wildman–Crippen LogP) is 3.24. The van der Waals surface area contributed by atoms with Crippen molar-refractivity contribution in [1.82, 2.24) is 35.1 Å². The maximum atomic E-state index is 14.8. The van der Waals surface area contributed by atoms with Crippen LogP contribution in [-0.2, 0) is 11.3 Å². The number of fused-ring (bicyclic) bond motifs is 1. The molecule has 4 heterocycles. The molecule has 0 atom stereocenters. The van der Waals surface area contributed by atoms with Gasteiger partial charge in [0.1, 0.15) is 11.5 Å². The Labute approximate surface area is 212 Å². The first-order valence-electron chi connectivity index (χ1n) is 12.0. The Kier molecular flexibility index (Phi) is 6.78. The van der Waals surface area contributed by atoms with E-state index in [1.165, 1.54) is 18.3 Å². The lowest BCUT2D eigenvalue weighted by atomic mass is 10.0. The molecule has 3 amide bonds. The quantitative estimate of drug-likeness (QED) is 0.373. The Morgan fingerprint density at radius 2 is 2.03 bits per heavy atom. The van der Waals surface area contributed by atoms with Crippen LogP contribution in [0.5, 0.6) is 0 Å². The summed E-state index contributed by atoms with van der Waals surface area (Å²) in [5.41, 5.74) is 4.11. The molecule has 37 heavy (non-hydrogen) atoms. The average molecular weight is 503 g/mol. The molecule has 1 aliphatic heterocycles. The van der Waals surface area contributed by atoms with E-state index < -0.39 is 11.8 Å². The molecule has 10 nitrogen and oxygen atoms in total. The number of hydrogen-bond acceptors (Lipinski definition) is 6. The van der Waals surface area contributed by atoms with Crippen LogP contribution < -0.4 is 10.6 Å². The molecule has 3 aromatic heterocycles. The molecule has 0 aliphatic carbocycles. The lowest BCUT2D eigenvalue weighted by molar-refractivity contribution is -0.136. The maximum absolute atomic E-state index is 14.8. The molecule has 190 valence electrons. The number of aromatic nitrogens is 4. The number of likely N-dealkylation sites (N-methyl/N-ethyl adjacent to an activating group) is 1. The number of hydrogen-bond donors (Lipinski definition) is 3. The van der Waals surface area contributed by atoms with E-state index in [1.54, 1.807) is 6.20 Å². The van der Waals surface area contributed by atoms with Crippen molar-refractivity contribution in [2.24, 2.45) is 0 Å². The van der Waals surface area contributed by atoms with Crippen LogP contribution in [0.4, 0.5) is 15.1 Å². The standard InChI is InChI=1S/C26H27FN8O2/c1-3-28-26(37)33-25-31-21-12-17(11-19(24(21)32-25)23-20(27)5-4-8-29-23)16-6-7-18(30-13-16)14-35-10-9-34(2)15-22(35)36/h4-8,11-13H,3,9-10,14-15H2,1-2H3,(H3,28,31,32,33,37). The topological polar surface area (TPSA) is 119 Å². The van der Waals surface area contributed by atoms with Crippen LogP contribution in [0, 0.1) is 5.82 Å². The van der Waals surface area contributed by atoms with Gasteiger partial charge in [-0.1, -0.05) is 6.07 Å². The van der Waals surface area contributed by atoms with E-state index in [0.29, 0.717) is 42.8 Å². The molecule has 1 aliphatic rings. The van der Waals surface area contributed by atoms with Crippen molar-refractivity contribution < 1.29 is 14.0 Å². The van der Waals surface area contributed by atoms with Crippen molar-refractivity contribution in [1.29, 1.82) is 0 Å². The molecule has 0 saturated carbocycles. The number of rotatable bonds is 6. The van der Waals surface area contributed by atoms with Crippen LogP contribution in [0.1, 0.15) is 12.6 Å². The second-order valence-electron chi connectivity index (χ2n) is 8.91. The number of carbonyl (C=O) groups is 2. The maximum Gasteiger partial charge on any atom is 0.321 e. The molecule has 0 spiro atoms. The fourth-order valence-electron chi connectivity index (χ4n) is 4.30. The minimum atomic E-state index is -0.473. The molecule has 4 aromatic rings. The van der Waals surface area contributed by atoms with E-state index in [1.807, 2.05) is 48.0 Å². The van der Waals surface area contributed by atoms with Crippen LogP contribution in [-0.4, -0.2) is 74.9 Å². The number of halogens is 1. The molecule has 0 radical (unpaired) electrons. The SMILES string of the molecule is CCNC(=O)Nc1nc2cc(-c3ccc(CN4CCN(C)CC4=O)nc3)cc(-c3ncccc3F)c2[nH]1. The molecule has 11 heteroatoms. The van der Waals surface area contributed by atoms with Gasteiger partial charge >= 0.3 is 6.03 Å². The third-order valence-electron chi connectivity index (χ3n) is 6.20. The first-order chi connectivity index (χ1) is 17.9. The number of aromatic amines is 1. The van der Waals surface area contributed by atoms with Crippen molar-refractivity contribution in [2.75, 3.05) is 38.5 Å². The highest BCUT2D eigenvalue weighted by Gasteiger charge is 2.22. The zero-order valence-corrected chi connectivity index (χ0v) is 20.6. The summed E-state index contributed by atoms with van der Waals surface area (Å²) >= 11 is 0. The van der Waals surface area contributed by atoms with Gasteiger partial charge in [0.15, 0.2) is 0 Å². The number of amides is 3. The van der Waals surface area contributed by atoms with Gasteiger partial charge < -0.3 is 15.2 Å². The fourth-order valence-corrected chi connectivity index (χ4v) is 4.30. The second kappa shape index (κ2) is 10.3. The van der Waals surface area contributed by atoms with Gasteiger partial charge in [-0.2, -0.15) is 0 Å². The first kappa shape index (κ1) is 24.3. The van der Waals surface area contributed by atoms with Crippen LogP contribution in [0.15, 0.2) is 48.8 Å². The number of urea groups is 1. The summed E-state index contributed by atoms with van der Waals surface area (Å²) in [6, 6.07) is 9.96. The van der Waals surface area contributed by atoms with Crippen molar-refractivity contribution in [3.8, 4) is 22.4 Å². The van der Waals surface area contributed by atoms with Crippen molar-refractivity contribution in [3.05, 3.63) is 60.3 Å². The number of benzene rings is 1. The molecular weight excluding hydrogens is 475 g/mol. The molecule has 1 fully saturated rings. The fraction of sp³-hybridized carbons (Fsp3) is 0.269. The monoisotopic (exact) mass is 502 g/mol. The summed E-state index contributed by atoms with van der Waals surface area (Å²) in [7, 11) is 1.93.